The largest absolute Gasteiger partial charge is 0.438 e. The van der Waals surface area contributed by atoms with Gasteiger partial charge in [-0.3, -0.25) is 19.1 Å². The Bertz CT molecular complexity index is 2700. The highest BCUT2D eigenvalue weighted by molar-refractivity contribution is 6.00. The number of amides is 1. The van der Waals surface area contributed by atoms with Crippen LogP contribution in [0.4, 0.5) is 10.3 Å². The number of nitrogens with one attached hydrogen (secondary N) is 1. The molecule has 1 amide bonds. The van der Waals surface area contributed by atoms with Crippen molar-refractivity contribution >= 4 is 22.8 Å². The summed E-state index contributed by atoms with van der Waals surface area (Å²) >= 11 is 0. The zero-order chi connectivity index (χ0) is 40.0. The van der Waals surface area contributed by atoms with E-state index >= 15 is 4.79 Å². The van der Waals surface area contributed by atoms with E-state index in [2.05, 4.69) is 56.9 Å². The summed E-state index contributed by atoms with van der Waals surface area (Å²) in [5, 5.41) is 5.09. The van der Waals surface area contributed by atoms with Crippen LogP contribution in [0.25, 0.3) is 16.6 Å². The summed E-state index contributed by atoms with van der Waals surface area (Å²) < 4.78 is 29.3. The second-order valence-corrected chi connectivity index (χ2v) is 16.8. The van der Waals surface area contributed by atoms with E-state index in [1.165, 1.54) is 11.1 Å². The number of benzene rings is 3. The summed E-state index contributed by atoms with van der Waals surface area (Å²) in [5.74, 6) is 0.425. The number of aryl methyl sites for hydroxylation is 2. The average molecular weight is 784 g/mol. The zero-order valence-electron chi connectivity index (χ0n) is 33.1. The van der Waals surface area contributed by atoms with Gasteiger partial charge >= 0.3 is 5.76 Å². The molecule has 3 fully saturated rings. The molecule has 1 N–H and O–H groups in total. The Kier molecular flexibility index (Phi) is 8.59. The molecule has 58 heavy (non-hydrogen) atoms. The van der Waals surface area contributed by atoms with Crippen molar-refractivity contribution in [3.63, 3.8) is 0 Å². The number of aromatic nitrogens is 5. The molecule has 13 heteroatoms. The molecule has 10 rings (SSSR count). The van der Waals surface area contributed by atoms with Crippen LogP contribution in [0.1, 0.15) is 101 Å². The van der Waals surface area contributed by atoms with Crippen molar-refractivity contribution in [1.29, 1.82) is 0 Å². The maximum absolute atomic E-state index is 15.2. The Balaban J connectivity index is 1.07. The van der Waals surface area contributed by atoms with Crippen molar-refractivity contribution in [2.75, 3.05) is 37.7 Å². The van der Waals surface area contributed by atoms with Crippen LogP contribution < -0.4 is 16.2 Å². The normalized spacial score (nSPS) is 22.3. The van der Waals surface area contributed by atoms with E-state index < -0.39 is 17.3 Å². The van der Waals surface area contributed by atoms with Gasteiger partial charge in [0.2, 0.25) is 5.95 Å². The number of rotatable bonds is 7. The number of ether oxygens (including phenoxy) is 1. The molecule has 0 unspecified atom stereocenters. The predicted octanol–water partition coefficient (Wildman–Crippen LogP) is 6.66. The number of aromatic amines is 1. The van der Waals surface area contributed by atoms with Gasteiger partial charge in [-0.2, -0.15) is 0 Å². The highest BCUT2D eigenvalue weighted by Crippen LogP contribution is 2.56. The first-order valence-corrected chi connectivity index (χ1v) is 20.4. The van der Waals surface area contributed by atoms with Gasteiger partial charge in [-0.1, -0.05) is 48.5 Å². The molecule has 2 saturated heterocycles. The third kappa shape index (κ3) is 5.68. The molecular formula is C45H46FN7O5. The Hall–Kier alpha value is -5.82. The van der Waals surface area contributed by atoms with E-state index in [9.17, 15) is 14.0 Å². The van der Waals surface area contributed by atoms with Crippen LogP contribution in [0.15, 0.2) is 80.8 Å². The standard InChI is InChI=1S/C45H46FN7O5/c1-25-18-34(19-26(2)38(25)46)52-40(54)35-12-15-51(28(4)39(35)47-43(52)50-23-33(24-50)29-8-6-5-7-9-29)41(55)37-21-32-20-31(30-13-16-57-17-14-30)10-11-36(32)53(37)45(22-27(45)3)42-48-44(56)58-49-42/h5-11,18-21,27-28,30,33H,12-17,22-24H2,1-4H3,(H,48,49,56)/t27-,28+,45+/m1/s1. The second-order valence-electron chi connectivity index (χ2n) is 16.8. The van der Waals surface area contributed by atoms with Gasteiger partial charge in [0.15, 0.2) is 5.82 Å². The van der Waals surface area contributed by atoms with Crippen molar-refractivity contribution in [3.8, 4) is 5.69 Å². The Morgan fingerprint density at radius 3 is 2.33 bits per heavy atom. The van der Waals surface area contributed by atoms with Crippen molar-refractivity contribution < 1.29 is 18.4 Å². The lowest BCUT2D eigenvalue weighted by Gasteiger charge is -2.42. The van der Waals surface area contributed by atoms with E-state index in [1.807, 2.05) is 36.1 Å². The van der Waals surface area contributed by atoms with Crippen molar-refractivity contribution in [2.24, 2.45) is 5.92 Å². The molecule has 0 radical (unpaired) electrons. The molecule has 1 saturated carbocycles. The minimum Gasteiger partial charge on any atom is -0.381 e. The van der Waals surface area contributed by atoms with E-state index in [0.717, 1.165) is 37.0 Å². The summed E-state index contributed by atoms with van der Waals surface area (Å²) in [5.41, 5.74) is 5.37. The Morgan fingerprint density at radius 2 is 1.66 bits per heavy atom. The summed E-state index contributed by atoms with van der Waals surface area (Å²) in [7, 11) is 0. The SMILES string of the molecule is Cc1cc(-n2c(N3CC(c4ccccc4)C3)nc3c(c2=O)CCN(C(=O)c2cc4cc(C5CCOCC5)ccc4n2[C@@]2(c4noc(=O)[nH]4)C[C@H]2C)[C@H]3C)cc(C)c1F. The lowest BCUT2D eigenvalue weighted by Crippen LogP contribution is -2.50. The van der Waals surface area contributed by atoms with E-state index in [1.54, 1.807) is 30.5 Å². The fourth-order valence-corrected chi connectivity index (χ4v) is 9.89. The van der Waals surface area contributed by atoms with Crippen LogP contribution in [0.3, 0.4) is 0 Å². The van der Waals surface area contributed by atoms with Crippen LogP contribution in [0, 0.1) is 25.6 Å². The molecule has 3 aliphatic heterocycles. The third-order valence-corrected chi connectivity index (χ3v) is 13.3. The minimum absolute atomic E-state index is 0.0581. The lowest BCUT2D eigenvalue weighted by molar-refractivity contribution is 0.0658. The Morgan fingerprint density at radius 1 is 0.931 bits per heavy atom. The predicted molar refractivity (Wildman–Crippen MR) is 217 cm³/mol. The van der Waals surface area contributed by atoms with E-state index in [4.69, 9.17) is 14.2 Å². The lowest BCUT2D eigenvalue weighted by atomic mass is 9.91. The van der Waals surface area contributed by atoms with Crippen LogP contribution in [-0.4, -0.2) is 67.9 Å². The first-order chi connectivity index (χ1) is 28.0. The molecule has 3 aromatic carbocycles. The highest BCUT2D eigenvalue weighted by atomic mass is 19.1. The first kappa shape index (κ1) is 36.5. The van der Waals surface area contributed by atoms with Crippen molar-refractivity contribution in [2.45, 2.75) is 76.8 Å². The van der Waals surface area contributed by atoms with Gasteiger partial charge in [-0.15, -0.1) is 0 Å². The summed E-state index contributed by atoms with van der Waals surface area (Å²) in [6.45, 7) is 10.5. The molecule has 12 nitrogen and oxygen atoms in total. The topological polar surface area (TPSA) is 131 Å². The van der Waals surface area contributed by atoms with Gasteiger partial charge in [-0.25, -0.2) is 18.7 Å². The fraction of sp³-hybridized carbons (Fsp3) is 0.400. The molecule has 0 bridgehead atoms. The molecule has 0 spiro atoms. The highest BCUT2D eigenvalue weighted by Gasteiger charge is 2.59. The van der Waals surface area contributed by atoms with E-state index in [-0.39, 0.29) is 29.1 Å². The second kappa shape index (κ2) is 13.6. The number of carbonyl (C=O) groups excluding carboxylic acids is 1. The summed E-state index contributed by atoms with van der Waals surface area (Å²) in [6, 6.07) is 21.6. The van der Waals surface area contributed by atoms with Gasteiger partial charge in [0, 0.05) is 55.2 Å². The smallest absolute Gasteiger partial charge is 0.381 e. The molecule has 298 valence electrons. The minimum atomic E-state index is -0.784. The summed E-state index contributed by atoms with van der Waals surface area (Å²) in [6.07, 6.45) is 2.83. The number of nitrogens with zero attached hydrogens (tertiary/aromatic N) is 6. The monoisotopic (exact) mass is 783 g/mol. The number of fused-ring (bicyclic) bond motifs is 2. The van der Waals surface area contributed by atoms with Gasteiger partial charge in [0.1, 0.15) is 17.1 Å². The average Bonchev–Trinajstić information content (AvgIpc) is 3.48. The molecule has 1 aliphatic carbocycles. The number of anilines is 1. The van der Waals surface area contributed by atoms with Crippen LogP contribution >= 0.6 is 0 Å². The maximum atomic E-state index is 15.2. The van der Waals surface area contributed by atoms with Gasteiger partial charge < -0.3 is 19.1 Å². The van der Waals surface area contributed by atoms with Crippen molar-refractivity contribution in [3.05, 3.63) is 138 Å². The van der Waals surface area contributed by atoms with Gasteiger partial charge in [0.25, 0.3) is 11.5 Å². The maximum Gasteiger partial charge on any atom is 0.438 e. The molecule has 6 heterocycles. The zero-order valence-corrected chi connectivity index (χ0v) is 33.1. The number of carbonyl (C=O) groups is 1. The quantitative estimate of drug-likeness (QED) is 0.190. The molecule has 4 aliphatic rings. The molecule has 3 atom stereocenters. The fourth-order valence-electron chi connectivity index (χ4n) is 9.89. The van der Waals surface area contributed by atoms with E-state index in [0.29, 0.717) is 83.9 Å². The number of halogens is 1. The summed E-state index contributed by atoms with van der Waals surface area (Å²) in [4.78, 5) is 54.2. The number of hydrogen-bond donors (Lipinski definition) is 1. The van der Waals surface area contributed by atoms with Gasteiger partial charge in [-0.05, 0) is 111 Å². The number of hydrogen-bond acceptors (Lipinski definition) is 8. The number of H-pyrrole nitrogens is 1. The third-order valence-electron chi connectivity index (χ3n) is 13.3. The molecule has 6 aromatic rings. The molecule has 3 aromatic heterocycles. The molecular weight excluding hydrogens is 738 g/mol. The van der Waals surface area contributed by atoms with Crippen LogP contribution in [0.2, 0.25) is 0 Å². The van der Waals surface area contributed by atoms with Crippen LogP contribution in [-0.2, 0) is 16.7 Å². The van der Waals surface area contributed by atoms with Gasteiger partial charge in [0.05, 0.1) is 17.4 Å². The first-order valence-electron chi connectivity index (χ1n) is 20.4. The van der Waals surface area contributed by atoms with Crippen molar-refractivity contribution in [1.82, 2.24) is 29.2 Å². The van der Waals surface area contributed by atoms with Crippen LogP contribution in [0.5, 0.6) is 0 Å². The Labute approximate surface area is 334 Å².